The number of H-pyrrole nitrogens is 3. The van der Waals surface area contributed by atoms with Crippen LogP contribution in [0, 0.1) is 0 Å². The number of pyridine rings is 1. The molecule has 70 valence electrons. The summed E-state index contributed by atoms with van der Waals surface area (Å²) in [6.07, 6.45) is 1.48. The lowest BCUT2D eigenvalue weighted by Crippen LogP contribution is -2.06. The maximum atomic E-state index is 10.9. The van der Waals surface area contributed by atoms with Crippen molar-refractivity contribution in [3.05, 3.63) is 33.1 Å². The van der Waals surface area contributed by atoms with E-state index in [9.17, 15) is 9.59 Å². The van der Waals surface area contributed by atoms with Crippen LogP contribution in [-0.2, 0) is 0 Å². The summed E-state index contributed by atoms with van der Waals surface area (Å²) in [7, 11) is 0. The second-order valence-corrected chi connectivity index (χ2v) is 2.17. The molecule has 0 saturated carbocycles. The fourth-order valence-electron chi connectivity index (χ4n) is 0.974. The second kappa shape index (κ2) is 3.75. The first-order chi connectivity index (χ1) is 6.27. The van der Waals surface area contributed by atoms with Crippen molar-refractivity contribution in [3.63, 3.8) is 0 Å². The van der Waals surface area contributed by atoms with Crippen LogP contribution in [0.1, 0.15) is 13.8 Å². The van der Waals surface area contributed by atoms with Crippen LogP contribution in [0.2, 0.25) is 0 Å². The Balaban J connectivity index is 0.000000396. The van der Waals surface area contributed by atoms with Crippen LogP contribution in [0.25, 0.3) is 11.0 Å². The van der Waals surface area contributed by atoms with Gasteiger partial charge in [-0.25, -0.2) is 4.79 Å². The second-order valence-electron chi connectivity index (χ2n) is 2.17. The molecule has 2 aromatic rings. The van der Waals surface area contributed by atoms with Crippen LogP contribution in [0.3, 0.4) is 0 Å². The molecule has 13 heavy (non-hydrogen) atoms. The van der Waals surface area contributed by atoms with Gasteiger partial charge in [0.2, 0.25) is 0 Å². The summed E-state index contributed by atoms with van der Waals surface area (Å²) in [5.74, 6) is 0. The number of rotatable bonds is 0. The average Bonchev–Trinajstić information content (AvgIpc) is 2.51. The molecule has 3 N–H and O–H groups in total. The highest BCUT2D eigenvalue weighted by molar-refractivity contribution is 5.72. The van der Waals surface area contributed by atoms with Gasteiger partial charge in [0.15, 0.2) is 0 Å². The van der Waals surface area contributed by atoms with Crippen molar-refractivity contribution < 1.29 is 0 Å². The molecule has 0 radical (unpaired) electrons. The fraction of sp³-hybridized carbons (Fsp3) is 0.250. The van der Waals surface area contributed by atoms with Gasteiger partial charge in [0.1, 0.15) is 5.52 Å². The van der Waals surface area contributed by atoms with E-state index in [-0.39, 0.29) is 16.8 Å². The molecule has 0 atom stereocenters. The van der Waals surface area contributed by atoms with Crippen LogP contribution >= 0.6 is 0 Å². The van der Waals surface area contributed by atoms with Crippen molar-refractivity contribution in [1.82, 2.24) is 15.0 Å². The molecule has 5 nitrogen and oxygen atoms in total. The Hall–Kier alpha value is -1.78. The minimum Gasteiger partial charge on any atom is -0.327 e. The van der Waals surface area contributed by atoms with E-state index < -0.39 is 0 Å². The van der Waals surface area contributed by atoms with Crippen molar-refractivity contribution in [2.45, 2.75) is 13.8 Å². The van der Waals surface area contributed by atoms with Gasteiger partial charge < -0.3 is 15.0 Å². The smallest absolute Gasteiger partial charge is 0.323 e. The van der Waals surface area contributed by atoms with Gasteiger partial charge in [-0.3, -0.25) is 4.79 Å². The minimum absolute atomic E-state index is 0.289. The normalized spacial score (nSPS) is 9.38. The van der Waals surface area contributed by atoms with E-state index >= 15 is 0 Å². The zero-order valence-electron chi connectivity index (χ0n) is 7.47. The number of hydrogen-bond acceptors (Lipinski definition) is 2. The SMILES string of the molecule is CC.O=c1[nH]c2cc[nH]c(=O)c2[nH]1. The van der Waals surface area contributed by atoms with E-state index in [0.29, 0.717) is 5.52 Å². The lowest BCUT2D eigenvalue weighted by atomic mass is 10.4. The largest absolute Gasteiger partial charge is 0.327 e. The number of nitrogens with one attached hydrogen (secondary N) is 3. The zero-order valence-corrected chi connectivity index (χ0v) is 7.47. The van der Waals surface area contributed by atoms with Crippen molar-refractivity contribution in [3.8, 4) is 0 Å². The standard InChI is InChI=1S/C6H5N3O2.C2H6/c10-5-4-3(1-2-7-5)8-6(11)9-4;1-2/h1-2H,(H,7,10)(H2,8,9,11);1-2H3. The summed E-state index contributed by atoms with van der Waals surface area (Å²) >= 11 is 0. The highest BCUT2D eigenvalue weighted by Crippen LogP contribution is 1.95. The van der Waals surface area contributed by atoms with Gasteiger partial charge in [0, 0.05) is 6.20 Å². The van der Waals surface area contributed by atoms with Gasteiger partial charge in [-0.15, -0.1) is 0 Å². The van der Waals surface area contributed by atoms with E-state index in [1.807, 2.05) is 13.8 Å². The molecule has 0 aliphatic heterocycles. The first-order valence-electron chi connectivity index (χ1n) is 4.07. The van der Waals surface area contributed by atoms with Gasteiger partial charge in [0.05, 0.1) is 5.52 Å². The molecule has 0 fully saturated rings. The highest BCUT2D eigenvalue weighted by Gasteiger charge is 1.98. The van der Waals surface area contributed by atoms with Crippen LogP contribution in [0.4, 0.5) is 0 Å². The van der Waals surface area contributed by atoms with E-state index in [2.05, 4.69) is 15.0 Å². The number of fused-ring (bicyclic) bond motifs is 1. The summed E-state index contributed by atoms with van der Waals surface area (Å²) < 4.78 is 0. The number of hydrogen-bond donors (Lipinski definition) is 3. The molecule has 0 saturated heterocycles. The Morgan fingerprint density at radius 1 is 1.15 bits per heavy atom. The number of aromatic nitrogens is 3. The van der Waals surface area contributed by atoms with Gasteiger partial charge in [0.25, 0.3) is 5.56 Å². The van der Waals surface area contributed by atoms with E-state index in [1.54, 1.807) is 6.07 Å². The summed E-state index contributed by atoms with van der Waals surface area (Å²) in [5, 5.41) is 0. The number of imidazole rings is 1. The molecule has 2 rings (SSSR count). The van der Waals surface area contributed by atoms with E-state index in [4.69, 9.17) is 0 Å². The van der Waals surface area contributed by atoms with Crippen molar-refractivity contribution in [2.24, 2.45) is 0 Å². The molecule has 0 spiro atoms. The van der Waals surface area contributed by atoms with E-state index in [0.717, 1.165) is 0 Å². The molecule has 2 heterocycles. The molecule has 0 aliphatic carbocycles. The molecular weight excluding hydrogens is 170 g/mol. The van der Waals surface area contributed by atoms with Crippen molar-refractivity contribution >= 4 is 11.0 Å². The topological polar surface area (TPSA) is 81.5 Å². The van der Waals surface area contributed by atoms with Crippen LogP contribution < -0.4 is 11.2 Å². The Morgan fingerprint density at radius 2 is 1.85 bits per heavy atom. The molecule has 0 unspecified atom stereocenters. The fourth-order valence-corrected chi connectivity index (χ4v) is 0.974. The molecule has 2 aromatic heterocycles. The summed E-state index contributed by atoms with van der Waals surface area (Å²) in [4.78, 5) is 28.9. The molecular formula is C8H11N3O2. The van der Waals surface area contributed by atoms with Crippen molar-refractivity contribution in [1.29, 1.82) is 0 Å². The number of aromatic amines is 3. The maximum Gasteiger partial charge on any atom is 0.323 e. The summed E-state index contributed by atoms with van der Waals surface area (Å²) in [5.41, 5.74) is 0.161. The van der Waals surface area contributed by atoms with Crippen LogP contribution in [0.15, 0.2) is 21.9 Å². The summed E-state index contributed by atoms with van der Waals surface area (Å²) in [6, 6.07) is 1.62. The molecule has 0 amide bonds. The quantitative estimate of drug-likeness (QED) is 0.555. The molecule has 0 aliphatic rings. The lowest BCUT2D eigenvalue weighted by molar-refractivity contribution is 1.20. The first kappa shape index (κ1) is 9.31. The summed E-state index contributed by atoms with van der Waals surface area (Å²) in [6.45, 7) is 4.00. The maximum absolute atomic E-state index is 10.9. The predicted molar refractivity (Wildman–Crippen MR) is 50.9 cm³/mol. The third-order valence-corrected chi connectivity index (χ3v) is 1.45. The monoisotopic (exact) mass is 181 g/mol. The van der Waals surface area contributed by atoms with Crippen molar-refractivity contribution in [2.75, 3.05) is 0 Å². The third-order valence-electron chi connectivity index (χ3n) is 1.45. The molecule has 0 bridgehead atoms. The Labute approximate surface area is 73.8 Å². The molecule has 5 heteroatoms. The average molecular weight is 181 g/mol. The Morgan fingerprint density at radius 3 is 2.46 bits per heavy atom. The van der Waals surface area contributed by atoms with Crippen LogP contribution in [0.5, 0.6) is 0 Å². The minimum atomic E-state index is -0.364. The third kappa shape index (κ3) is 1.69. The van der Waals surface area contributed by atoms with Gasteiger partial charge in [-0.2, -0.15) is 0 Å². The predicted octanol–water partition coefficient (Wildman–Crippen LogP) is 0.571. The van der Waals surface area contributed by atoms with Crippen LogP contribution in [-0.4, -0.2) is 15.0 Å². The molecule has 0 aromatic carbocycles. The Kier molecular flexibility index (Phi) is 2.69. The lowest BCUT2D eigenvalue weighted by Gasteiger charge is -1.82. The van der Waals surface area contributed by atoms with E-state index in [1.165, 1.54) is 6.20 Å². The Bertz CT molecular complexity index is 492. The van der Waals surface area contributed by atoms with Gasteiger partial charge in [-0.1, -0.05) is 13.8 Å². The van der Waals surface area contributed by atoms with Gasteiger partial charge in [-0.05, 0) is 6.07 Å². The van der Waals surface area contributed by atoms with Gasteiger partial charge >= 0.3 is 5.69 Å². The first-order valence-corrected chi connectivity index (χ1v) is 4.07. The zero-order chi connectivity index (χ0) is 9.84. The highest BCUT2D eigenvalue weighted by atomic mass is 16.1.